The fraction of sp³-hybridized carbons (Fsp3) is 0.200. The van der Waals surface area contributed by atoms with Crippen molar-refractivity contribution in [2.75, 3.05) is 4.72 Å². The summed E-state index contributed by atoms with van der Waals surface area (Å²) >= 11 is 0. The van der Waals surface area contributed by atoms with Crippen LogP contribution in [-0.2, 0) is 16.4 Å². The van der Waals surface area contributed by atoms with Gasteiger partial charge in [0, 0.05) is 6.42 Å². The molecular weight excluding hydrogens is 259 g/mol. The third-order valence-corrected chi connectivity index (χ3v) is 3.46. The summed E-state index contributed by atoms with van der Waals surface area (Å²) in [6.07, 6.45) is 2.76. The maximum atomic E-state index is 12.6. The molecule has 0 aliphatic rings. The minimum atomic E-state index is -3.77. The number of aromatic amines is 1. The van der Waals surface area contributed by atoms with Crippen LogP contribution in [0.15, 0.2) is 29.6 Å². The molecule has 96 valence electrons. The molecule has 2 heterocycles. The predicted molar refractivity (Wildman–Crippen MR) is 63.0 cm³/mol. The van der Waals surface area contributed by atoms with Crippen LogP contribution in [-0.4, -0.2) is 23.4 Å². The first-order valence-corrected chi connectivity index (χ1v) is 6.68. The molecule has 6 nitrogen and oxygen atoms in total. The van der Waals surface area contributed by atoms with Crippen LogP contribution in [0.2, 0.25) is 0 Å². The van der Waals surface area contributed by atoms with Gasteiger partial charge in [0.1, 0.15) is 17.5 Å². The Balaban J connectivity index is 2.24. The van der Waals surface area contributed by atoms with E-state index in [1.165, 1.54) is 12.3 Å². The van der Waals surface area contributed by atoms with Crippen molar-refractivity contribution in [3.05, 3.63) is 36.2 Å². The Bertz CT molecular complexity index is 636. The zero-order valence-electron chi connectivity index (χ0n) is 9.51. The fourth-order valence-corrected chi connectivity index (χ4v) is 2.24. The third kappa shape index (κ3) is 2.65. The second-order valence-electron chi connectivity index (χ2n) is 3.51. The van der Waals surface area contributed by atoms with E-state index in [1.54, 1.807) is 0 Å². The molecule has 0 saturated heterocycles. The van der Waals surface area contributed by atoms with Crippen LogP contribution in [0.4, 0.5) is 10.2 Å². The Hall–Kier alpha value is -1.96. The van der Waals surface area contributed by atoms with E-state index in [4.69, 9.17) is 0 Å². The molecule has 0 aromatic carbocycles. The molecule has 2 N–H and O–H groups in total. The van der Waals surface area contributed by atoms with Crippen molar-refractivity contribution < 1.29 is 12.8 Å². The van der Waals surface area contributed by atoms with Crippen LogP contribution in [0.25, 0.3) is 0 Å². The van der Waals surface area contributed by atoms with Crippen molar-refractivity contribution in [3.8, 4) is 0 Å². The number of anilines is 1. The highest BCUT2D eigenvalue weighted by Gasteiger charge is 2.17. The molecule has 2 aromatic rings. The highest BCUT2D eigenvalue weighted by Crippen LogP contribution is 2.12. The summed E-state index contributed by atoms with van der Waals surface area (Å²) in [4.78, 5) is 10.2. The number of rotatable bonds is 4. The molecule has 0 amide bonds. The number of sulfonamides is 1. The lowest BCUT2D eigenvalue weighted by molar-refractivity contribution is 0.597. The average molecular weight is 270 g/mol. The Morgan fingerprint density at radius 3 is 2.67 bits per heavy atom. The molecule has 18 heavy (non-hydrogen) atoms. The highest BCUT2D eigenvalue weighted by molar-refractivity contribution is 7.92. The number of halogens is 1. The van der Waals surface area contributed by atoms with Crippen molar-refractivity contribution in [1.29, 1.82) is 0 Å². The van der Waals surface area contributed by atoms with Crippen LogP contribution >= 0.6 is 0 Å². The molecule has 0 unspecified atom stereocenters. The molecule has 0 fully saturated rings. The van der Waals surface area contributed by atoms with Crippen LogP contribution < -0.4 is 4.72 Å². The summed E-state index contributed by atoms with van der Waals surface area (Å²) in [5, 5.41) is -0.0505. The molecule has 0 radical (unpaired) electrons. The van der Waals surface area contributed by atoms with E-state index in [1.807, 2.05) is 6.92 Å². The first-order valence-electron chi connectivity index (χ1n) is 5.19. The molecule has 2 aromatic heterocycles. The maximum absolute atomic E-state index is 12.6. The topological polar surface area (TPSA) is 87.7 Å². The summed E-state index contributed by atoms with van der Waals surface area (Å²) in [6.45, 7) is 1.85. The zero-order valence-corrected chi connectivity index (χ0v) is 10.3. The van der Waals surface area contributed by atoms with Crippen molar-refractivity contribution >= 4 is 15.8 Å². The third-order valence-electron chi connectivity index (χ3n) is 2.20. The molecule has 2 rings (SSSR count). The van der Waals surface area contributed by atoms with Crippen LogP contribution in [0, 0.1) is 5.82 Å². The van der Waals surface area contributed by atoms with Crippen LogP contribution in [0.1, 0.15) is 12.7 Å². The van der Waals surface area contributed by atoms with E-state index in [-0.39, 0.29) is 10.8 Å². The van der Waals surface area contributed by atoms with E-state index in [9.17, 15) is 12.8 Å². The van der Waals surface area contributed by atoms with Gasteiger partial charge in [-0.2, -0.15) is 8.42 Å². The van der Waals surface area contributed by atoms with Crippen molar-refractivity contribution in [1.82, 2.24) is 15.0 Å². The number of aromatic nitrogens is 3. The number of pyridine rings is 1. The van der Waals surface area contributed by atoms with E-state index < -0.39 is 15.8 Å². The Morgan fingerprint density at radius 2 is 2.11 bits per heavy atom. The first kappa shape index (κ1) is 12.5. The van der Waals surface area contributed by atoms with Crippen molar-refractivity contribution in [2.24, 2.45) is 0 Å². The maximum Gasteiger partial charge on any atom is 0.280 e. The van der Waals surface area contributed by atoms with E-state index in [2.05, 4.69) is 19.7 Å². The Kier molecular flexibility index (Phi) is 3.28. The molecule has 0 bridgehead atoms. The Labute approximate surface area is 103 Å². The van der Waals surface area contributed by atoms with Gasteiger partial charge in [-0.15, -0.1) is 0 Å². The number of nitrogens with zero attached hydrogens (tertiary/aromatic N) is 2. The summed E-state index contributed by atoms with van der Waals surface area (Å²) < 4.78 is 38.7. The van der Waals surface area contributed by atoms with Gasteiger partial charge in [0.2, 0.25) is 0 Å². The number of imidazole rings is 1. The summed E-state index contributed by atoms with van der Waals surface area (Å²) in [6, 6.07) is 2.36. The number of aryl methyl sites for hydroxylation is 1. The monoisotopic (exact) mass is 270 g/mol. The Morgan fingerprint density at radius 1 is 1.33 bits per heavy atom. The van der Waals surface area contributed by atoms with Crippen molar-refractivity contribution in [2.45, 2.75) is 18.4 Å². The van der Waals surface area contributed by atoms with E-state index >= 15 is 0 Å². The molecular formula is C10H11FN4O2S. The van der Waals surface area contributed by atoms with Gasteiger partial charge in [0.25, 0.3) is 10.0 Å². The highest BCUT2D eigenvalue weighted by atomic mass is 32.2. The number of hydrogen-bond donors (Lipinski definition) is 2. The number of hydrogen-bond acceptors (Lipinski definition) is 4. The smallest absolute Gasteiger partial charge is 0.280 e. The van der Waals surface area contributed by atoms with Crippen LogP contribution in [0.3, 0.4) is 0 Å². The normalized spacial score (nSPS) is 11.4. The standard InChI is InChI=1S/C10H11FN4O2S/c1-2-8-13-6-10(14-8)18(16,17)15-9-4-3-7(11)5-12-9/h3-6H,2H2,1H3,(H,12,15)(H,13,14). The van der Waals surface area contributed by atoms with Crippen molar-refractivity contribution in [3.63, 3.8) is 0 Å². The lowest BCUT2D eigenvalue weighted by Crippen LogP contribution is -2.14. The molecule has 0 saturated carbocycles. The van der Waals surface area contributed by atoms with Gasteiger partial charge < -0.3 is 4.98 Å². The number of H-pyrrole nitrogens is 1. The van der Waals surface area contributed by atoms with Gasteiger partial charge in [-0.3, -0.25) is 4.72 Å². The lowest BCUT2D eigenvalue weighted by atomic mass is 10.5. The first-order chi connectivity index (χ1) is 8.51. The van der Waals surface area contributed by atoms with Gasteiger partial charge in [-0.25, -0.2) is 14.4 Å². The minimum absolute atomic E-state index is 0.0454. The van der Waals surface area contributed by atoms with Gasteiger partial charge in [-0.1, -0.05) is 6.92 Å². The summed E-state index contributed by atoms with van der Waals surface area (Å²) in [5.74, 6) is 0.0826. The van der Waals surface area contributed by atoms with Gasteiger partial charge in [0.05, 0.1) is 12.4 Å². The molecule has 0 atom stereocenters. The largest absolute Gasteiger partial charge is 0.332 e. The van der Waals surface area contributed by atoms with E-state index in [0.29, 0.717) is 12.2 Å². The predicted octanol–water partition coefficient (Wildman–Crippen LogP) is 1.31. The average Bonchev–Trinajstić information content (AvgIpc) is 2.81. The van der Waals surface area contributed by atoms with Gasteiger partial charge >= 0.3 is 0 Å². The zero-order chi connectivity index (χ0) is 13.2. The van der Waals surface area contributed by atoms with E-state index in [0.717, 1.165) is 12.3 Å². The quantitative estimate of drug-likeness (QED) is 0.876. The minimum Gasteiger partial charge on any atom is -0.332 e. The molecule has 0 spiro atoms. The van der Waals surface area contributed by atoms with Gasteiger partial charge in [0.15, 0.2) is 5.03 Å². The molecule has 0 aliphatic heterocycles. The summed E-state index contributed by atoms with van der Waals surface area (Å²) in [5.41, 5.74) is 0. The fourth-order valence-electron chi connectivity index (χ4n) is 1.29. The molecule has 0 aliphatic carbocycles. The molecule has 8 heteroatoms. The summed E-state index contributed by atoms with van der Waals surface area (Å²) in [7, 11) is -3.77. The SMILES string of the molecule is CCc1ncc(S(=O)(=O)Nc2ccc(F)cn2)[nH]1. The van der Waals surface area contributed by atoms with Crippen LogP contribution in [0.5, 0.6) is 0 Å². The lowest BCUT2D eigenvalue weighted by Gasteiger charge is -2.04. The second-order valence-corrected chi connectivity index (χ2v) is 5.17. The van der Waals surface area contributed by atoms with Gasteiger partial charge in [-0.05, 0) is 12.1 Å². The second kappa shape index (κ2) is 4.73. The number of nitrogens with one attached hydrogen (secondary N) is 2.